The van der Waals surface area contributed by atoms with E-state index in [1.165, 1.54) is 34.1 Å². The minimum Gasteiger partial charge on any atom is -0.744 e. The third-order valence-corrected chi connectivity index (χ3v) is 22.3. The Morgan fingerprint density at radius 1 is 0.346 bits per heavy atom. The summed E-state index contributed by atoms with van der Waals surface area (Å²) in [6, 6.07) is 79.2. The number of aromatic nitrogens is 3. The maximum atomic E-state index is 10.4. The molecule has 0 radical (unpaired) electrons. The summed E-state index contributed by atoms with van der Waals surface area (Å²) in [7, 11) is -9.33. The molecule has 0 saturated carbocycles. The average molecular weight is 1480 g/mol. The summed E-state index contributed by atoms with van der Waals surface area (Å²) in [6.45, 7) is 7.15. The van der Waals surface area contributed by atoms with Gasteiger partial charge in [-0.25, -0.2) is 16.8 Å². The maximum Gasteiger partial charge on any atom is 0.199 e. The molecule has 3 fully saturated rings. The minimum atomic E-state index is -4.27. The quantitative estimate of drug-likeness (QED) is 0.0427. The van der Waals surface area contributed by atoms with E-state index in [1.807, 2.05) is 135 Å². The van der Waals surface area contributed by atoms with E-state index in [9.17, 15) is 25.9 Å². The van der Waals surface area contributed by atoms with Gasteiger partial charge in [-0.3, -0.25) is 15.0 Å². The van der Waals surface area contributed by atoms with Gasteiger partial charge in [-0.2, -0.15) is 0 Å². The summed E-state index contributed by atoms with van der Waals surface area (Å²) in [6.07, 6.45) is 13.1. The zero-order valence-corrected chi connectivity index (χ0v) is 60.9. The zero-order chi connectivity index (χ0) is 72.4. The summed E-state index contributed by atoms with van der Waals surface area (Å²) < 4.78 is 116. The first-order valence-corrected chi connectivity index (χ1v) is 39.4. The smallest absolute Gasteiger partial charge is 0.199 e. The van der Waals surface area contributed by atoms with Crippen molar-refractivity contribution in [3.05, 3.63) is 296 Å². The largest absolute Gasteiger partial charge is 0.744 e. The van der Waals surface area contributed by atoms with Gasteiger partial charge in [0, 0.05) is 56.1 Å². The van der Waals surface area contributed by atoms with Gasteiger partial charge < -0.3 is 51.7 Å². The summed E-state index contributed by atoms with van der Waals surface area (Å²) >= 11 is 0. The van der Waals surface area contributed by atoms with Crippen LogP contribution in [0.4, 0.5) is 0 Å². The molecule has 11 aromatic rings. The topological polar surface area (TPSA) is 236 Å². The van der Waals surface area contributed by atoms with E-state index in [1.54, 1.807) is 42.9 Å². The Kier molecular flexibility index (Phi) is 27.8. The van der Waals surface area contributed by atoms with Gasteiger partial charge >= 0.3 is 0 Å². The number of benzene rings is 8. The van der Waals surface area contributed by atoms with Gasteiger partial charge in [0.05, 0.1) is 68.5 Å². The molecule has 104 heavy (non-hydrogen) atoms. The van der Waals surface area contributed by atoms with Gasteiger partial charge in [0.15, 0.2) is 48.2 Å². The van der Waals surface area contributed by atoms with Crippen molar-refractivity contribution in [2.45, 2.75) is 143 Å². The predicted octanol–water partition coefficient (Wildman–Crippen LogP) is 16.6. The first-order chi connectivity index (χ1) is 50.6. The van der Waals surface area contributed by atoms with E-state index in [2.05, 4.69) is 93.8 Å². The highest BCUT2D eigenvalue weighted by Gasteiger charge is 2.32. The lowest BCUT2D eigenvalue weighted by atomic mass is 10.2. The van der Waals surface area contributed by atoms with E-state index in [-0.39, 0.29) is 39.6 Å². The first-order valence-electron chi connectivity index (χ1n) is 34.2. The van der Waals surface area contributed by atoms with Crippen LogP contribution in [-0.4, -0.2) is 79.6 Å². The molecule has 14 rings (SSSR count). The molecule has 3 unspecified atom stereocenters. The monoisotopic (exact) mass is 1480 g/mol. The first kappa shape index (κ1) is 75.6. The SMILES string of the molecule is Cc1ccc(S(=O)(=O)[O-])cc1.Cc1ccc(S(=O)(=O)[O-])cc1.c1ccc(COc2cccc([S+](c3ccc(OC4CCCCO4)cc3)c3ccc(OC4CCCCO4)cc3)c2)nc1.c1ccc(COc2cccc([S+](c3ccc(OC4CCCO4)cc3)c3cccc(OCc4ccccn4)c3)c2)nc1. The fourth-order valence-electron chi connectivity index (χ4n) is 10.9. The molecule has 3 saturated heterocycles. The van der Waals surface area contributed by atoms with Crippen molar-refractivity contribution in [1.82, 2.24) is 15.0 Å². The summed E-state index contributed by atoms with van der Waals surface area (Å²) in [5.41, 5.74) is 4.52. The summed E-state index contributed by atoms with van der Waals surface area (Å²) in [5, 5.41) is 0. The Morgan fingerprint density at radius 2 is 0.654 bits per heavy atom. The number of hydrogen-bond acceptors (Lipinski definition) is 18. The van der Waals surface area contributed by atoms with Gasteiger partial charge in [0.2, 0.25) is 0 Å². The lowest BCUT2D eigenvalue weighted by Crippen LogP contribution is -2.25. The molecule has 3 atom stereocenters. The molecule has 6 heterocycles. The molecule has 538 valence electrons. The zero-order valence-electron chi connectivity index (χ0n) is 57.6. The Hall–Kier alpha value is -9.59. The van der Waals surface area contributed by atoms with E-state index in [0.29, 0.717) is 19.8 Å². The van der Waals surface area contributed by atoms with Crippen LogP contribution in [-0.2, 0) is 76.1 Å². The fraction of sp³-hybridized carbons (Fsp3) is 0.232. The second kappa shape index (κ2) is 38.3. The van der Waals surface area contributed by atoms with E-state index in [0.717, 1.165) is 153 Å². The van der Waals surface area contributed by atoms with E-state index in [4.69, 9.17) is 42.6 Å². The second-order valence-electron chi connectivity index (χ2n) is 24.2. The summed E-state index contributed by atoms with van der Waals surface area (Å²) in [4.78, 5) is 19.8. The molecule has 3 aromatic heterocycles. The molecular formula is C82H81N3O15S4. The van der Waals surface area contributed by atoms with Crippen molar-refractivity contribution in [2.24, 2.45) is 0 Å². The molecule has 22 heteroatoms. The number of pyridine rings is 3. The highest BCUT2D eigenvalue weighted by Crippen LogP contribution is 2.38. The predicted molar refractivity (Wildman–Crippen MR) is 395 cm³/mol. The molecular weight excluding hydrogens is 1400 g/mol. The van der Waals surface area contributed by atoms with Crippen LogP contribution in [0.1, 0.15) is 79.6 Å². The average Bonchev–Trinajstić information content (AvgIpc) is 1.11. The van der Waals surface area contributed by atoms with Crippen LogP contribution in [0.2, 0.25) is 0 Å². The maximum absolute atomic E-state index is 10.4. The van der Waals surface area contributed by atoms with Gasteiger partial charge in [-0.1, -0.05) is 71.8 Å². The number of hydrogen-bond donors (Lipinski definition) is 0. The van der Waals surface area contributed by atoms with Crippen LogP contribution >= 0.6 is 0 Å². The second-order valence-corrected chi connectivity index (χ2v) is 31.0. The van der Waals surface area contributed by atoms with E-state index < -0.39 is 31.1 Å². The Balaban J connectivity index is 0.000000161. The van der Waals surface area contributed by atoms with Crippen LogP contribution < -0.4 is 28.4 Å². The Morgan fingerprint density at radius 3 is 0.923 bits per heavy atom. The molecule has 0 aliphatic carbocycles. The molecule has 8 aromatic carbocycles. The van der Waals surface area contributed by atoms with E-state index >= 15 is 0 Å². The van der Waals surface area contributed by atoms with Crippen molar-refractivity contribution >= 4 is 42.0 Å². The van der Waals surface area contributed by atoms with Crippen molar-refractivity contribution in [2.75, 3.05) is 19.8 Å². The van der Waals surface area contributed by atoms with Gasteiger partial charge in [0.25, 0.3) is 0 Å². The number of ether oxygens (including phenoxy) is 9. The van der Waals surface area contributed by atoms with Crippen LogP contribution in [0.15, 0.2) is 306 Å². The lowest BCUT2D eigenvalue weighted by molar-refractivity contribution is -0.106. The fourth-order valence-corrected chi connectivity index (χ4v) is 16.0. The molecule has 0 N–H and O–H groups in total. The lowest BCUT2D eigenvalue weighted by Gasteiger charge is -2.23. The van der Waals surface area contributed by atoms with Crippen LogP contribution in [0, 0.1) is 13.8 Å². The normalized spacial score (nSPS) is 16.0. The number of rotatable bonds is 23. The highest BCUT2D eigenvalue weighted by molar-refractivity contribution is 7.97. The molecule has 18 nitrogen and oxygen atoms in total. The third-order valence-electron chi connectivity index (χ3n) is 16.2. The third kappa shape index (κ3) is 23.7. The number of aryl methyl sites for hydroxylation is 2. The van der Waals surface area contributed by atoms with Crippen molar-refractivity contribution in [3.8, 4) is 34.5 Å². The van der Waals surface area contributed by atoms with Crippen molar-refractivity contribution < 1.29 is 68.6 Å². The standard InChI is InChI=1S/C34H31N2O4S.C34H36NO5S.2C7H8O3S/c1-3-19-35-26(8-1)24-38-29-10-5-12-32(22-29)41(31-17-15-28(16-18-31)40-34-14-7-21-37-34)33-13-6-11-30(23-33)39-25-27-9-2-4-20-36-27;1-4-21-35-26(8-1)25-38-29-9-7-10-32(24-29)41(30-17-13-27(14-18-30)39-33-11-2-5-22-36-33)31-19-15-28(16-20-31)40-34-12-3-6-23-37-34;2*1-6-2-4-7(5-3-6)11(8,9)10/h1-6,8-13,15-20,22-23,34H,7,14,21,24-25H2;1,4,7-10,13-21,24,33-34H,2-3,5-6,11-12,22-23,25H2;2*2-5H,1H3,(H,8,9,10)/q2*+1;;/p-2. The minimum absolute atomic E-state index is 0.165. The van der Waals surface area contributed by atoms with Crippen molar-refractivity contribution in [1.29, 1.82) is 0 Å². The van der Waals surface area contributed by atoms with Crippen molar-refractivity contribution in [3.63, 3.8) is 0 Å². The summed E-state index contributed by atoms with van der Waals surface area (Å²) in [5.74, 6) is 4.87. The molecule has 0 spiro atoms. The van der Waals surface area contributed by atoms with Crippen LogP contribution in [0.25, 0.3) is 0 Å². The van der Waals surface area contributed by atoms with Gasteiger partial charge in [-0.05, 0) is 216 Å². The highest BCUT2D eigenvalue weighted by atomic mass is 32.2. The molecule has 0 bridgehead atoms. The number of nitrogens with zero attached hydrogens (tertiary/aromatic N) is 3. The van der Waals surface area contributed by atoms with Crippen LogP contribution in [0.5, 0.6) is 34.5 Å². The van der Waals surface area contributed by atoms with Crippen LogP contribution in [0.3, 0.4) is 0 Å². The Labute approximate surface area is 614 Å². The Bertz CT molecular complexity index is 4410. The van der Waals surface area contributed by atoms with Gasteiger partial charge in [0.1, 0.15) is 74.6 Å². The molecule has 3 aliphatic heterocycles. The van der Waals surface area contributed by atoms with Gasteiger partial charge in [-0.15, -0.1) is 0 Å². The molecule has 0 amide bonds. The molecule has 3 aliphatic rings.